The summed E-state index contributed by atoms with van der Waals surface area (Å²) in [6.07, 6.45) is 3.04. The fourth-order valence-electron chi connectivity index (χ4n) is 2.43. The van der Waals surface area contributed by atoms with Crippen LogP contribution in [0.3, 0.4) is 0 Å². The molecule has 21 heavy (non-hydrogen) atoms. The van der Waals surface area contributed by atoms with Crippen LogP contribution >= 0.6 is 0 Å². The van der Waals surface area contributed by atoms with Crippen LogP contribution in [-0.4, -0.2) is 18.6 Å². The first kappa shape index (κ1) is 15.5. The van der Waals surface area contributed by atoms with Crippen molar-refractivity contribution < 1.29 is 4.74 Å². The summed E-state index contributed by atoms with van der Waals surface area (Å²) in [7, 11) is 1.72. The van der Waals surface area contributed by atoms with E-state index in [0.29, 0.717) is 0 Å². The van der Waals surface area contributed by atoms with Crippen molar-refractivity contribution in [2.24, 2.45) is 0 Å². The van der Waals surface area contributed by atoms with Gasteiger partial charge in [-0.05, 0) is 44.5 Å². The molecule has 1 heterocycles. The van der Waals surface area contributed by atoms with E-state index in [1.54, 1.807) is 7.11 Å². The van der Waals surface area contributed by atoms with E-state index in [4.69, 9.17) is 4.74 Å². The number of methoxy groups -OCH3 is 1. The van der Waals surface area contributed by atoms with Crippen molar-refractivity contribution in [1.29, 1.82) is 0 Å². The smallest absolute Gasteiger partial charge is 0.124 e. The molecule has 1 aromatic heterocycles. The van der Waals surface area contributed by atoms with Crippen LogP contribution in [0, 0.1) is 13.8 Å². The van der Waals surface area contributed by atoms with E-state index >= 15 is 0 Å². The summed E-state index contributed by atoms with van der Waals surface area (Å²) in [4.78, 5) is 4.43. The Morgan fingerprint density at radius 2 is 2.00 bits per heavy atom. The largest absolute Gasteiger partial charge is 0.496 e. The van der Waals surface area contributed by atoms with E-state index < -0.39 is 0 Å². The third kappa shape index (κ3) is 3.82. The topological polar surface area (TPSA) is 34.2 Å². The maximum absolute atomic E-state index is 5.55. The standard InChI is InChI=1S/C18H24N2O/c1-5-10-19-18(15-8-7-14(3)20-12-15)16-11-13(2)6-9-17(16)21-4/h6-9,11-12,18-19H,5,10H2,1-4H3. The molecule has 0 spiro atoms. The predicted molar refractivity (Wildman–Crippen MR) is 86.8 cm³/mol. The van der Waals surface area contributed by atoms with Gasteiger partial charge in [0.2, 0.25) is 0 Å². The number of benzene rings is 1. The highest BCUT2D eigenvalue weighted by atomic mass is 16.5. The van der Waals surface area contributed by atoms with Crippen LogP contribution in [0.4, 0.5) is 0 Å². The Kier molecular flexibility index (Phi) is 5.34. The Bertz CT molecular complexity index is 578. The number of hydrogen-bond acceptors (Lipinski definition) is 3. The van der Waals surface area contributed by atoms with E-state index in [2.05, 4.69) is 48.4 Å². The number of aromatic nitrogens is 1. The van der Waals surface area contributed by atoms with Gasteiger partial charge in [-0.15, -0.1) is 0 Å². The van der Waals surface area contributed by atoms with E-state index in [1.165, 1.54) is 5.56 Å². The number of rotatable bonds is 6. The number of ether oxygens (including phenoxy) is 1. The number of hydrogen-bond donors (Lipinski definition) is 1. The lowest BCUT2D eigenvalue weighted by molar-refractivity contribution is 0.403. The van der Waals surface area contributed by atoms with Gasteiger partial charge in [-0.2, -0.15) is 0 Å². The minimum atomic E-state index is 0.105. The Morgan fingerprint density at radius 1 is 1.19 bits per heavy atom. The highest BCUT2D eigenvalue weighted by Gasteiger charge is 2.18. The van der Waals surface area contributed by atoms with Gasteiger partial charge in [0.05, 0.1) is 13.2 Å². The molecule has 0 aliphatic carbocycles. The van der Waals surface area contributed by atoms with Gasteiger partial charge in [-0.25, -0.2) is 0 Å². The number of nitrogens with one attached hydrogen (secondary N) is 1. The molecule has 3 nitrogen and oxygen atoms in total. The second-order valence-electron chi connectivity index (χ2n) is 5.37. The summed E-state index contributed by atoms with van der Waals surface area (Å²) in [5, 5.41) is 3.60. The molecule has 0 bridgehead atoms. The molecule has 0 saturated carbocycles. The molecule has 0 amide bonds. The van der Waals surface area contributed by atoms with Gasteiger partial charge in [0, 0.05) is 17.5 Å². The average Bonchev–Trinajstić information content (AvgIpc) is 2.49. The second-order valence-corrected chi connectivity index (χ2v) is 5.37. The summed E-state index contributed by atoms with van der Waals surface area (Å²) in [5.74, 6) is 0.912. The molecule has 2 rings (SSSR count). The van der Waals surface area contributed by atoms with Crippen LogP contribution in [0.25, 0.3) is 0 Å². The van der Waals surface area contributed by atoms with E-state index in [0.717, 1.165) is 35.5 Å². The molecule has 2 aromatic rings. The lowest BCUT2D eigenvalue weighted by Crippen LogP contribution is -2.24. The van der Waals surface area contributed by atoms with E-state index in [9.17, 15) is 0 Å². The zero-order chi connectivity index (χ0) is 15.2. The average molecular weight is 284 g/mol. The van der Waals surface area contributed by atoms with Gasteiger partial charge in [-0.3, -0.25) is 4.98 Å². The van der Waals surface area contributed by atoms with Gasteiger partial charge in [0.25, 0.3) is 0 Å². The molecule has 0 aliphatic heterocycles. The van der Waals surface area contributed by atoms with Crippen LogP contribution in [0.5, 0.6) is 5.75 Å². The highest BCUT2D eigenvalue weighted by Crippen LogP contribution is 2.30. The first-order valence-electron chi connectivity index (χ1n) is 7.46. The molecular weight excluding hydrogens is 260 g/mol. The highest BCUT2D eigenvalue weighted by molar-refractivity contribution is 5.43. The van der Waals surface area contributed by atoms with Crippen molar-refractivity contribution in [2.75, 3.05) is 13.7 Å². The number of aryl methyl sites for hydroxylation is 2. The zero-order valence-electron chi connectivity index (χ0n) is 13.3. The maximum Gasteiger partial charge on any atom is 0.124 e. The van der Waals surface area contributed by atoms with Crippen LogP contribution in [-0.2, 0) is 0 Å². The summed E-state index contributed by atoms with van der Waals surface area (Å²) in [6, 6.07) is 10.6. The lowest BCUT2D eigenvalue weighted by Gasteiger charge is -2.22. The molecule has 1 N–H and O–H groups in total. The van der Waals surface area contributed by atoms with Gasteiger partial charge in [0.1, 0.15) is 5.75 Å². The number of nitrogens with zero attached hydrogens (tertiary/aromatic N) is 1. The Hall–Kier alpha value is -1.87. The van der Waals surface area contributed by atoms with Crippen LogP contribution in [0.2, 0.25) is 0 Å². The molecule has 3 heteroatoms. The summed E-state index contributed by atoms with van der Waals surface area (Å²) < 4.78 is 5.55. The number of pyridine rings is 1. The van der Waals surface area contributed by atoms with Gasteiger partial charge in [-0.1, -0.05) is 30.7 Å². The third-order valence-corrected chi connectivity index (χ3v) is 3.56. The maximum atomic E-state index is 5.55. The van der Waals surface area contributed by atoms with E-state index in [-0.39, 0.29) is 6.04 Å². The van der Waals surface area contributed by atoms with Crippen molar-refractivity contribution >= 4 is 0 Å². The molecular formula is C18H24N2O. The third-order valence-electron chi connectivity index (χ3n) is 3.56. The lowest BCUT2D eigenvalue weighted by atomic mass is 9.97. The van der Waals surface area contributed by atoms with Crippen molar-refractivity contribution in [3.8, 4) is 5.75 Å². The van der Waals surface area contributed by atoms with Gasteiger partial charge >= 0.3 is 0 Å². The summed E-state index contributed by atoms with van der Waals surface area (Å²) in [6.45, 7) is 7.24. The minimum absolute atomic E-state index is 0.105. The van der Waals surface area contributed by atoms with Crippen molar-refractivity contribution in [2.45, 2.75) is 33.2 Å². The fraction of sp³-hybridized carbons (Fsp3) is 0.389. The predicted octanol–water partition coefficient (Wildman–Crippen LogP) is 3.80. The molecule has 1 aromatic carbocycles. The van der Waals surface area contributed by atoms with Gasteiger partial charge in [0.15, 0.2) is 0 Å². The molecule has 0 aliphatic rings. The van der Waals surface area contributed by atoms with Crippen molar-refractivity contribution in [3.05, 3.63) is 58.9 Å². The minimum Gasteiger partial charge on any atom is -0.496 e. The zero-order valence-corrected chi connectivity index (χ0v) is 13.3. The summed E-state index contributed by atoms with van der Waals surface area (Å²) >= 11 is 0. The quantitative estimate of drug-likeness (QED) is 0.876. The monoisotopic (exact) mass is 284 g/mol. The Labute approximate surface area is 127 Å². The SMILES string of the molecule is CCCNC(c1ccc(C)nc1)c1cc(C)ccc1OC. The van der Waals surface area contributed by atoms with Crippen LogP contribution in [0.1, 0.15) is 41.8 Å². The fourth-order valence-corrected chi connectivity index (χ4v) is 2.43. The molecule has 112 valence electrons. The summed E-state index contributed by atoms with van der Waals surface area (Å²) in [5.41, 5.74) is 4.59. The Morgan fingerprint density at radius 3 is 2.62 bits per heavy atom. The molecule has 1 atom stereocenters. The van der Waals surface area contributed by atoms with E-state index in [1.807, 2.05) is 19.2 Å². The Balaban J connectivity index is 2.44. The van der Waals surface area contributed by atoms with Crippen molar-refractivity contribution in [3.63, 3.8) is 0 Å². The molecule has 0 saturated heterocycles. The first-order chi connectivity index (χ1) is 10.2. The van der Waals surface area contributed by atoms with Crippen LogP contribution < -0.4 is 10.1 Å². The normalized spacial score (nSPS) is 12.2. The molecule has 0 fully saturated rings. The second kappa shape index (κ2) is 7.23. The first-order valence-corrected chi connectivity index (χ1v) is 7.46. The molecule has 1 unspecified atom stereocenters. The van der Waals surface area contributed by atoms with Crippen LogP contribution in [0.15, 0.2) is 36.5 Å². The van der Waals surface area contributed by atoms with Gasteiger partial charge < -0.3 is 10.1 Å². The molecule has 0 radical (unpaired) electrons. The van der Waals surface area contributed by atoms with Crippen molar-refractivity contribution in [1.82, 2.24) is 10.3 Å².